The van der Waals surface area contributed by atoms with Crippen LogP contribution >= 0.6 is 22.6 Å². The summed E-state index contributed by atoms with van der Waals surface area (Å²) in [5.41, 5.74) is 0.645. The molecule has 0 saturated carbocycles. The molecule has 1 aliphatic rings. The van der Waals surface area contributed by atoms with Gasteiger partial charge in [0.15, 0.2) is 0 Å². The van der Waals surface area contributed by atoms with Crippen LogP contribution in [0.3, 0.4) is 0 Å². The van der Waals surface area contributed by atoms with Gasteiger partial charge in [-0.05, 0) is 54.8 Å². The predicted molar refractivity (Wildman–Crippen MR) is 73.9 cm³/mol. The molecule has 0 bridgehead atoms. The first-order chi connectivity index (χ1) is 8.08. The second-order valence-corrected chi connectivity index (χ2v) is 5.86. The van der Waals surface area contributed by atoms with Crippen molar-refractivity contribution in [2.75, 3.05) is 6.54 Å². The van der Waals surface area contributed by atoms with Crippen molar-refractivity contribution in [1.82, 2.24) is 9.88 Å². The van der Waals surface area contributed by atoms with Crippen LogP contribution in [0.25, 0.3) is 0 Å². The zero-order chi connectivity index (χ0) is 12.4. The van der Waals surface area contributed by atoms with Gasteiger partial charge in [-0.15, -0.1) is 0 Å². The fourth-order valence-corrected chi connectivity index (χ4v) is 2.86. The molecular formula is C12H17IN2O2. The lowest BCUT2D eigenvalue weighted by atomic mass is 10.1. The summed E-state index contributed by atoms with van der Waals surface area (Å²) in [6.07, 6.45) is 4.17. The first kappa shape index (κ1) is 12.9. The lowest BCUT2D eigenvalue weighted by Crippen LogP contribution is -2.37. The van der Waals surface area contributed by atoms with Gasteiger partial charge in [0.2, 0.25) is 0 Å². The normalized spacial score (nSPS) is 21.8. The van der Waals surface area contributed by atoms with E-state index in [0.717, 1.165) is 23.0 Å². The number of halogens is 1. The Balaban J connectivity index is 2.08. The van der Waals surface area contributed by atoms with Crippen molar-refractivity contribution in [3.63, 3.8) is 0 Å². The molecule has 17 heavy (non-hydrogen) atoms. The third-order valence-electron chi connectivity index (χ3n) is 3.13. The Hall–Kier alpha value is -0.560. The van der Waals surface area contributed by atoms with E-state index in [4.69, 9.17) is 0 Å². The number of hydrogen-bond donors (Lipinski definition) is 2. The molecular weight excluding hydrogens is 331 g/mol. The van der Waals surface area contributed by atoms with Crippen molar-refractivity contribution in [3.05, 3.63) is 21.5 Å². The number of hydrogen-bond acceptors (Lipinski definition) is 2. The Morgan fingerprint density at radius 3 is 3.12 bits per heavy atom. The Morgan fingerprint density at radius 1 is 1.76 bits per heavy atom. The summed E-state index contributed by atoms with van der Waals surface area (Å²) in [5, 5.41) is 9.44. The summed E-state index contributed by atoms with van der Waals surface area (Å²) in [5.74, 6) is 0.0519. The maximum absolute atomic E-state index is 12.3. The molecule has 2 unspecified atom stereocenters. The molecule has 1 amide bonds. The molecule has 2 heterocycles. The standard InChI is InChI=1S/C12H17IN2O2/c1-8(16)5-10-3-2-4-15(10)12(17)11-6-9(13)7-14-11/h6-8,10,14,16H,2-5H2,1H3. The topological polar surface area (TPSA) is 56.3 Å². The molecule has 5 heteroatoms. The van der Waals surface area contributed by atoms with Gasteiger partial charge in [0.25, 0.3) is 5.91 Å². The molecule has 0 spiro atoms. The smallest absolute Gasteiger partial charge is 0.270 e. The predicted octanol–water partition coefficient (Wildman–Crippen LogP) is 1.99. The number of carbonyl (C=O) groups excluding carboxylic acids is 1. The van der Waals surface area contributed by atoms with E-state index >= 15 is 0 Å². The van der Waals surface area contributed by atoms with Gasteiger partial charge < -0.3 is 15.0 Å². The van der Waals surface area contributed by atoms with Crippen LogP contribution in [0.4, 0.5) is 0 Å². The van der Waals surface area contributed by atoms with Crippen molar-refractivity contribution in [1.29, 1.82) is 0 Å². The fourth-order valence-electron chi connectivity index (χ4n) is 2.39. The van der Waals surface area contributed by atoms with Crippen LogP contribution in [-0.2, 0) is 0 Å². The van der Waals surface area contributed by atoms with Crippen molar-refractivity contribution < 1.29 is 9.90 Å². The first-order valence-corrected chi connectivity index (χ1v) is 6.98. The van der Waals surface area contributed by atoms with Gasteiger partial charge in [0.1, 0.15) is 5.69 Å². The molecule has 0 aromatic carbocycles. The average molecular weight is 348 g/mol. The highest BCUT2D eigenvalue weighted by molar-refractivity contribution is 14.1. The number of carbonyl (C=O) groups is 1. The van der Waals surface area contributed by atoms with Crippen molar-refractivity contribution in [2.45, 2.75) is 38.3 Å². The Morgan fingerprint density at radius 2 is 2.53 bits per heavy atom. The number of aliphatic hydroxyl groups excluding tert-OH is 1. The van der Waals surface area contributed by atoms with E-state index in [1.807, 2.05) is 17.2 Å². The van der Waals surface area contributed by atoms with Crippen LogP contribution in [0.2, 0.25) is 0 Å². The van der Waals surface area contributed by atoms with Crippen LogP contribution in [0.1, 0.15) is 36.7 Å². The van der Waals surface area contributed by atoms with Gasteiger partial charge >= 0.3 is 0 Å². The Kier molecular flexibility index (Phi) is 4.09. The molecule has 0 aliphatic carbocycles. The quantitative estimate of drug-likeness (QED) is 0.821. The second kappa shape index (κ2) is 5.39. The monoisotopic (exact) mass is 348 g/mol. The molecule has 0 radical (unpaired) electrons. The molecule has 1 fully saturated rings. The zero-order valence-electron chi connectivity index (χ0n) is 9.82. The van der Waals surface area contributed by atoms with E-state index in [2.05, 4.69) is 27.6 Å². The maximum Gasteiger partial charge on any atom is 0.270 e. The molecule has 1 aromatic heterocycles. The van der Waals surface area contributed by atoms with E-state index in [1.54, 1.807) is 6.92 Å². The van der Waals surface area contributed by atoms with Gasteiger partial charge in [-0.2, -0.15) is 0 Å². The molecule has 1 aliphatic heterocycles. The molecule has 2 N–H and O–H groups in total. The lowest BCUT2D eigenvalue weighted by molar-refractivity contribution is 0.0677. The number of amides is 1. The summed E-state index contributed by atoms with van der Waals surface area (Å²) in [6.45, 7) is 2.57. The van der Waals surface area contributed by atoms with Crippen LogP contribution in [0.15, 0.2) is 12.3 Å². The number of aromatic nitrogens is 1. The SMILES string of the molecule is CC(O)CC1CCCN1C(=O)c1cc(I)c[nH]1. The highest BCUT2D eigenvalue weighted by Crippen LogP contribution is 2.23. The number of H-pyrrole nitrogens is 1. The van der Waals surface area contributed by atoms with Gasteiger partial charge in [0.05, 0.1) is 6.10 Å². The van der Waals surface area contributed by atoms with Gasteiger partial charge in [-0.25, -0.2) is 0 Å². The van der Waals surface area contributed by atoms with Gasteiger partial charge in [-0.3, -0.25) is 4.79 Å². The second-order valence-electron chi connectivity index (χ2n) is 4.61. The molecule has 2 atom stereocenters. The number of aliphatic hydroxyl groups is 1. The largest absolute Gasteiger partial charge is 0.393 e. The molecule has 4 nitrogen and oxygen atoms in total. The van der Waals surface area contributed by atoms with Crippen molar-refractivity contribution in [3.8, 4) is 0 Å². The van der Waals surface area contributed by atoms with Crippen LogP contribution < -0.4 is 0 Å². The third-order valence-corrected chi connectivity index (χ3v) is 3.75. The van der Waals surface area contributed by atoms with E-state index in [1.165, 1.54) is 0 Å². The van der Waals surface area contributed by atoms with Crippen LogP contribution in [0.5, 0.6) is 0 Å². The minimum atomic E-state index is -0.350. The number of likely N-dealkylation sites (tertiary alicyclic amines) is 1. The molecule has 2 rings (SSSR count). The summed E-state index contributed by atoms with van der Waals surface area (Å²) in [6, 6.07) is 2.05. The van der Waals surface area contributed by atoms with E-state index in [9.17, 15) is 9.90 Å². The average Bonchev–Trinajstić information content (AvgIpc) is 2.85. The molecule has 94 valence electrons. The van der Waals surface area contributed by atoms with Crippen LogP contribution in [0, 0.1) is 3.57 Å². The minimum Gasteiger partial charge on any atom is -0.393 e. The highest BCUT2D eigenvalue weighted by atomic mass is 127. The molecule has 1 saturated heterocycles. The summed E-state index contributed by atoms with van der Waals surface area (Å²) in [7, 11) is 0. The van der Waals surface area contributed by atoms with Gasteiger partial charge in [-0.1, -0.05) is 0 Å². The van der Waals surface area contributed by atoms with Gasteiger partial charge in [0, 0.05) is 22.4 Å². The van der Waals surface area contributed by atoms with Crippen molar-refractivity contribution >= 4 is 28.5 Å². The lowest BCUT2D eigenvalue weighted by Gasteiger charge is -2.25. The van der Waals surface area contributed by atoms with E-state index in [-0.39, 0.29) is 18.1 Å². The maximum atomic E-state index is 12.3. The summed E-state index contributed by atoms with van der Waals surface area (Å²) < 4.78 is 1.04. The Labute approximate surface area is 115 Å². The number of nitrogens with zero attached hydrogens (tertiary/aromatic N) is 1. The summed E-state index contributed by atoms with van der Waals surface area (Å²) in [4.78, 5) is 17.1. The fraction of sp³-hybridized carbons (Fsp3) is 0.583. The number of nitrogens with one attached hydrogen (secondary N) is 1. The summed E-state index contributed by atoms with van der Waals surface area (Å²) >= 11 is 2.18. The van der Waals surface area contributed by atoms with Crippen LogP contribution in [-0.4, -0.2) is 39.6 Å². The number of aromatic amines is 1. The minimum absolute atomic E-state index is 0.0519. The van der Waals surface area contributed by atoms with E-state index in [0.29, 0.717) is 12.1 Å². The van der Waals surface area contributed by atoms with Crippen molar-refractivity contribution in [2.24, 2.45) is 0 Å². The highest BCUT2D eigenvalue weighted by Gasteiger charge is 2.30. The number of rotatable bonds is 3. The Bertz CT molecular complexity index is 403. The third kappa shape index (κ3) is 3.01. The zero-order valence-corrected chi connectivity index (χ0v) is 12.0. The van der Waals surface area contributed by atoms with E-state index < -0.39 is 0 Å². The molecule has 1 aromatic rings. The first-order valence-electron chi connectivity index (χ1n) is 5.91.